The van der Waals surface area contributed by atoms with Crippen LogP contribution in [0.2, 0.25) is 0 Å². The summed E-state index contributed by atoms with van der Waals surface area (Å²) in [5.74, 6) is 0. The average molecular weight is 253 g/mol. The molecule has 0 aromatic heterocycles. The molecule has 0 spiro atoms. The standard InChI is InChI=1S/C14H21ClN2/c15-13-7-11-17(12-8-13)10-4-9-16-14-5-2-1-3-6-14/h1-3,5-6,13,16H,4,7-12H2. The van der Waals surface area contributed by atoms with Crippen LogP contribution in [0.4, 0.5) is 5.69 Å². The van der Waals surface area contributed by atoms with Gasteiger partial charge >= 0.3 is 0 Å². The fourth-order valence-electron chi connectivity index (χ4n) is 2.22. The van der Waals surface area contributed by atoms with Crippen molar-refractivity contribution in [2.45, 2.75) is 24.6 Å². The highest BCUT2D eigenvalue weighted by Crippen LogP contribution is 2.15. The van der Waals surface area contributed by atoms with Gasteiger partial charge in [0.25, 0.3) is 0 Å². The number of hydrogen-bond donors (Lipinski definition) is 1. The number of nitrogens with zero attached hydrogens (tertiary/aromatic N) is 1. The lowest BCUT2D eigenvalue weighted by molar-refractivity contribution is 0.231. The van der Waals surface area contributed by atoms with Crippen LogP contribution in [0, 0.1) is 0 Å². The first kappa shape index (κ1) is 12.7. The molecule has 1 aliphatic rings. The first-order valence-electron chi connectivity index (χ1n) is 6.50. The lowest BCUT2D eigenvalue weighted by atomic mass is 10.1. The number of anilines is 1. The number of alkyl halides is 1. The van der Waals surface area contributed by atoms with Crippen LogP contribution < -0.4 is 5.32 Å². The average Bonchev–Trinajstić information content (AvgIpc) is 2.38. The van der Waals surface area contributed by atoms with Gasteiger partial charge in [0.1, 0.15) is 0 Å². The van der Waals surface area contributed by atoms with Gasteiger partial charge in [-0.3, -0.25) is 0 Å². The van der Waals surface area contributed by atoms with Crippen LogP contribution in [0.5, 0.6) is 0 Å². The molecule has 1 heterocycles. The van der Waals surface area contributed by atoms with Crippen molar-refractivity contribution in [2.24, 2.45) is 0 Å². The van der Waals surface area contributed by atoms with Gasteiger partial charge in [0.05, 0.1) is 0 Å². The molecule has 2 rings (SSSR count). The third kappa shape index (κ3) is 4.57. The molecule has 2 nitrogen and oxygen atoms in total. The monoisotopic (exact) mass is 252 g/mol. The summed E-state index contributed by atoms with van der Waals surface area (Å²) in [5.41, 5.74) is 1.21. The van der Waals surface area contributed by atoms with Crippen LogP contribution >= 0.6 is 11.6 Å². The molecule has 0 saturated carbocycles. The van der Waals surface area contributed by atoms with Gasteiger partial charge in [0.15, 0.2) is 0 Å². The number of para-hydroxylation sites is 1. The van der Waals surface area contributed by atoms with Crippen molar-refractivity contribution in [1.29, 1.82) is 0 Å². The second-order valence-corrected chi connectivity index (χ2v) is 5.28. The zero-order chi connectivity index (χ0) is 11.9. The van der Waals surface area contributed by atoms with E-state index in [1.165, 1.54) is 31.7 Å². The zero-order valence-corrected chi connectivity index (χ0v) is 11.0. The van der Waals surface area contributed by atoms with Gasteiger partial charge in [-0.15, -0.1) is 11.6 Å². The Morgan fingerprint density at radius 3 is 2.59 bits per heavy atom. The number of nitrogens with one attached hydrogen (secondary N) is 1. The summed E-state index contributed by atoms with van der Waals surface area (Å²) in [6.07, 6.45) is 3.49. The molecule has 0 unspecified atom stereocenters. The highest BCUT2D eigenvalue weighted by Gasteiger charge is 2.15. The highest BCUT2D eigenvalue weighted by atomic mass is 35.5. The van der Waals surface area contributed by atoms with Crippen molar-refractivity contribution < 1.29 is 0 Å². The van der Waals surface area contributed by atoms with Crippen molar-refractivity contribution in [3.63, 3.8) is 0 Å². The van der Waals surface area contributed by atoms with Crippen molar-refractivity contribution >= 4 is 17.3 Å². The summed E-state index contributed by atoms with van der Waals surface area (Å²) in [4.78, 5) is 2.52. The molecule has 0 aliphatic carbocycles. The molecule has 0 bridgehead atoms. The molecular formula is C14H21ClN2. The summed E-state index contributed by atoms with van der Waals surface area (Å²) >= 11 is 6.08. The van der Waals surface area contributed by atoms with Crippen LogP contribution in [0.15, 0.2) is 30.3 Å². The number of halogens is 1. The van der Waals surface area contributed by atoms with Crippen molar-refractivity contribution in [1.82, 2.24) is 4.90 Å². The Hall–Kier alpha value is -0.730. The van der Waals surface area contributed by atoms with Gasteiger partial charge in [0, 0.05) is 17.6 Å². The van der Waals surface area contributed by atoms with Crippen molar-refractivity contribution in [3.05, 3.63) is 30.3 Å². The maximum Gasteiger partial charge on any atom is 0.0360 e. The van der Waals surface area contributed by atoms with Gasteiger partial charge in [-0.05, 0) is 51.0 Å². The van der Waals surface area contributed by atoms with Gasteiger partial charge < -0.3 is 10.2 Å². The molecular weight excluding hydrogens is 232 g/mol. The number of benzene rings is 1. The number of rotatable bonds is 5. The van der Waals surface area contributed by atoms with E-state index in [0.717, 1.165) is 19.4 Å². The minimum Gasteiger partial charge on any atom is -0.385 e. The Kier molecular flexibility index (Phi) is 5.14. The second kappa shape index (κ2) is 6.87. The van der Waals surface area contributed by atoms with Crippen molar-refractivity contribution in [2.75, 3.05) is 31.5 Å². The summed E-state index contributed by atoms with van der Waals surface area (Å²) < 4.78 is 0. The lowest BCUT2D eigenvalue weighted by Gasteiger charge is -2.29. The first-order chi connectivity index (χ1) is 8.34. The molecule has 17 heavy (non-hydrogen) atoms. The van der Waals surface area contributed by atoms with E-state index in [1.807, 2.05) is 6.07 Å². The summed E-state index contributed by atoms with van der Waals surface area (Å²) in [5, 5.41) is 3.85. The Bertz CT molecular complexity index is 307. The third-order valence-electron chi connectivity index (χ3n) is 3.27. The summed E-state index contributed by atoms with van der Waals surface area (Å²) in [6.45, 7) is 4.56. The van der Waals surface area contributed by atoms with Gasteiger partial charge in [-0.2, -0.15) is 0 Å². The van der Waals surface area contributed by atoms with Gasteiger partial charge in [0.2, 0.25) is 0 Å². The van der Waals surface area contributed by atoms with E-state index in [4.69, 9.17) is 11.6 Å². The number of piperidine rings is 1. The second-order valence-electron chi connectivity index (χ2n) is 4.66. The number of likely N-dealkylation sites (tertiary alicyclic amines) is 1. The zero-order valence-electron chi connectivity index (χ0n) is 10.2. The smallest absolute Gasteiger partial charge is 0.0360 e. The largest absolute Gasteiger partial charge is 0.385 e. The van der Waals surface area contributed by atoms with E-state index in [-0.39, 0.29) is 0 Å². The first-order valence-corrected chi connectivity index (χ1v) is 6.93. The van der Waals surface area contributed by atoms with E-state index >= 15 is 0 Å². The fourth-order valence-corrected chi connectivity index (χ4v) is 2.41. The topological polar surface area (TPSA) is 15.3 Å². The maximum atomic E-state index is 6.08. The van der Waals surface area contributed by atoms with Gasteiger partial charge in [-0.25, -0.2) is 0 Å². The Morgan fingerprint density at radius 1 is 1.18 bits per heavy atom. The van der Waals surface area contributed by atoms with Crippen LogP contribution in [-0.2, 0) is 0 Å². The van der Waals surface area contributed by atoms with Crippen LogP contribution in [0.1, 0.15) is 19.3 Å². The molecule has 0 atom stereocenters. The normalized spacial score (nSPS) is 18.2. The van der Waals surface area contributed by atoms with Crippen molar-refractivity contribution in [3.8, 4) is 0 Å². The molecule has 0 radical (unpaired) electrons. The minimum absolute atomic E-state index is 0.411. The van der Waals surface area contributed by atoms with E-state index in [2.05, 4.69) is 34.5 Å². The maximum absolute atomic E-state index is 6.08. The molecule has 1 saturated heterocycles. The predicted octanol–water partition coefficient (Wildman–Crippen LogP) is 3.19. The van der Waals surface area contributed by atoms with Crippen LogP contribution in [0.25, 0.3) is 0 Å². The Morgan fingerprint density at radius 2 is 1.88 bits per heavy atom. The quantitative estimate of drug-likeness (QED) is 0.640. The molecule has 1 aliphatic heterocycles. The molecule has 1 N–H and O–H groups in total. The highest BCUT2D eigenvalue weighted by molar-refractivity contribution is 6.20. The molecule has 3 heteroatoms. The lowest BCUT2D eigenvalue weighted by Crippen LogP contribution is -2.35. The molecule has 94 valence electrons. The van der Waals surface area contributed by atoms with E-state index in [1.54, 1.807) is 0 Å². The minimum atomic E-state index is 0.411. The van der Waals surface area contributed by atoms with Gasteiger partial charge in [-0.1, -0.05) is 18.2 Å². The van der Waals surface area contributed by atoms with E-state index in [0.29, 0.717) is 5.38 Å². The number of hydrogen-bond acceptors (Lipinski definition) is 2. The third-order valence-corrected chi connectivity index (χ3v) is 3.71. The van der Waals surface area contributed by atoms with Crippen LogP contribution in [0.3, 0.4) is 0 Å². The molecule has 0 amide bonds. The summed E-state index contributed by atoms with van der Waals surface area (Å²) in [7, 11) is 0. The van der Waals surface area contributed by atoms with Crippen LogP contribution in [-0.4, -0.2) is 36.5 Å². The molecule has 1 fully saturated rings. The fraction of sp³-hybridized carbons (Fsp3) is 0.571. The van der Waals surface area contributed by atoms with E-state index < -0.39 is 0 Å². The SMILES string of the molecule is ClC1CCN(CCCNc2ccccc2)CC1. The molecule has 1 aromatic rings. The Balaban J connectivity index is 1.57. The molecule has 1 aromatic carbocycles. The predicted molar refractivity (Wildman–Crippen MR) is 74.9 cm³/mol. The van der Waals surface area contributed by atoms with E-state index in [9.17, 15) is 0 Å². The Labute approximate surface area is 109 Å². The summed E-state index contributed by atoms with van der Waals surface area (Å²) in [6, 6.07) is 10.4.